The van der Waals surface area contributed by atoms with Crippen LogP contribution in [0, 0.1) is 6.92 Å². The number of primary amides is 1. The molecule has 0 spiro atoms. The van der Waals surface area contributed by atoms with Gasteiger partial charge in [0.15, 0.2) is 5.78 Å². The van der Waals surface area contributed by atoms with E-state index in [9.17, 15) is 9.59 Å². The van der Waals surface area contributed by atoms with Gasteiger partial charge in [-0.15, -0.1) is 0 Å². The Morgan fingerprint density at radius 2 is 1.84 bits per heavy atom. The molecule has 98 valence electrons. The fourth-order valence-electron chi connectivity index (χ4n) is 2.13. The molecule has 0 saturated heterocycles. The Bertz CT molecular complexity index is 630. The van der Waals surface area contributed by atoms with Crippen molar-refractivity contribution in [1.82, 2.24) is 4.98 Å². The average Bonchev–Trinajstić information content (AvgIpc) is 2.66. The Balaban J connectivity index is 2.64. The fourth-order valence-corrected chi connectivity index (χ4v) is 2.13. The Hall–Kier alpha value is -2.56. The van der Waals surface area contributed by atoms with Gasteiger partial charge >= 0.3 is 6.03 Å². The molecule has 5 heteroatoms. The number of anilines is 1. The molecule has 0 atom stereocenters. The maximum Gasteiger partial charge on any atom is 0.316 e. The van der Waals surface area contributed by atoms with E-state index in [0.29, 0.717) is 22.6 Å². The number of hydrogen-bond donors (Lipinski definition) is 3. The van der Waals surface area contributed by atoms with Crippen LogP contribution in [0.2, 0.25) is 0 Å². The van der Waals surface area contributed by atoms with Crippen molar-refractivity contribution in [3.05, 3.63) is 41.6 Å². The number of ketones is 1. The van der Waals surface area contributed by atoms with Gasteiger partial charge in [0, 0.05) is 11.3 Å². The van der Waals surface area contributed by atoms with E-state index in [1.807, 2.05) is 30.3 Å². The Morgan fingerprint density at radius 1 is 1.21 bits per heavy atom. The van der Waals surface area contributed by atoms with Crippen molar-refractivity contribution in [3.63, 3.8) is 0 Å². The van der Waals surface area contributed by atoms with Crippen molar-refractivity contribution in [1.29, 1.82) is 0 Å². The first-order chi connectivity index (χ1) is 9.00. The molecule has 2 amide bonds. The molecule has 0 radical (unpaired) electrons. The second-order valence-corrected chi connectivity index (χ2v) is 4.29. The zero-order valence-electron chi connectivity index (χ0n) is 10.8. The minimum Gasteiger partial charge on any atom is -0.356 e. The Labute approximate surface area is 110 Å². The molecule has 4 N–H and O–H groups in total. The standard InChI is InChI=1S/C14H15N3O2/c1-8-11(9(2)18)13(17-14(15)19)12(16-8)10-6-4-3-5-7-10/h3-7,16H,1-2H3,(H3,15,17,19). The molecule has 0 bridgehead atoms. The van der Waals surface area contributed by atoms with E-state index in [4.69, 9.17) is 5.73 Å². The molecule has 5 nitrogen and oxygen atoms in total. The SMILES string of the molecule is CC(=O)c1c(C)[nH]c(-c2ccccc2)c1NC(N)=O. The first-order valence-electron chi connectivity index (χ1n) is 5.86. The van der Waals surface area contributed by atoms with Crippen LogP contribution in [0.15, 0.2) is 30.3 Å². The number of nitrogens with two attached hydrogens (primary N) is 1. The molecular formula is C14H15N3O2. The molecule has 1 aromatic carbocycles. The van der Waals surface area contributed by atoms with Crippen molar-refractivity contribution in [3.8, 4) is 11.3 Å². The van der Waals surface area contributed by atoms with Gasteiger partial charge in [0.2, 0.25) is 0 Å². The summed E-state index contributed by atoms with van der Waals surface area (Å²) >= 11 is 0. The van der Waals surface area contributed by atoms with Crippen LogP contribution >= 0.6 is 0 Å². The molecule has 0 aliphatic carbocycles. The quantitative estimate of drug-likeness (QED) is 0.738. The van der Waals surface area contributed by atoms with Crippen molar-refractivity contribution in [2.24, 2.45) is 5.73 Å². The number of carbonyl (C=O) groups is 2. The summed E-state index contributed by atoms with van der Waals surface area (Å²) in [6, 6.07) is 8.74. The molecule has 2 rings (SSSR count). The Kier molecular flexibility index (Phi) is 3.37. The van der Waals surface area contributed by atoms with Gasteiger partial charge in [0.1, 0.15) is 0 Å². The maximum atomic E-state index is 11.7. The molecule has 2 aromatic rings. The van der Waals surface area contributed by atoms with E-state index >= 15 is 0 Å². The van der Waals surface area contributed by atoms with Crippen LogP contribution < -0.4 is 11.1 Å². The summed E-state index contributed by atoms with van der Waals surface area (Å²) in [6.45, 7) is 3.24. The van der Waals surface area contributed by atoms with E-state index in [-0.39, 0.29) is 5.78 Å². The lowest BCUT2D eigenvalue weighted by Gasteiger charge is -2.06. The van der Waals surface area contributed by atoms with Gasteiger partial charge in [-0.3, -0.25) is 4.79 Å². The lowest BCUT2D eigenvalue weighted by molar-refractivity contribution is 0.101. The number of aromatic amines is 1. The summed E-state index contributed by atoms with van der Waals surface area (Å²) in [4.78, 5) is 25.9. The summed E-state index contributed by atoms with van der Waals surface area (Å²) in [6.07, 6.45) is 0. The molecule has 0 fully saturated rings. The van der Waals surface area contributed by atoms with Crippen molar-refractivity contribution < 1.29 is 9.59 Å². The number of aryl methyl sites for hydroxylation is 1. The molecule has 0 aliphatic heterocycles. The minimum absolute atomic E-state index is 0.125. The number of aromatic nitrogens is 1. The predicted octanol–water partition coefficient (Wildman–Crippen LogP) is 2.68. The van der Waals surface area contributed by atoms with Gasteiger partial charge in [-0.05, 0) is 13.8 Å². The first kappa shape index (κ1) is 12.9. The van der Waals surface area contributed by atoms with Gasteiger partial charge in [0.05, 0.1) is 16.9 Å². The molecule has 0 unspecified atom stereocenters. The van der Waals surface area contributed by atoms with Crippen molar-refractivity contribution in [2.75, 3.05) is 5.32 Å². The fraction of sp³-hybridized carbons (Fsp3) is 0.143. The first-order valence-corrected chi connectivity index (χ1v) is 5.86. The van der Waals surface area contributed by atoms with E-state index in [2.05, 4.69) is 10.3 Å². The van der Waals surface area contributed by atoms with Gasteiger partial charge < -0.3 is 16.0 Å². The lowest BCUT2D eigenvalue weighted by atomic mass is 10.1. The van der Waals surface area contributed by atoms with Crippen LogP contribution in [0.25, 0.3) is 11.3 Å². The third-order valence-corrected chi connectivity index (χ3v) is 2.85. The smallest absolute Gasteiger partial charge is 0.316 e. The molecular weight excluding hydrogens is 242 g/mol. The van der Waals surface area contributed by atoms with E-state index in [0.717, 1.165) is 5.56 Å². The highest BCUT2D eigenvalue weighted by molar-refractivity contribution is 6.08. The third-order valence-electron chi connectivity index (χ3n) is 2.85. The highest BCUT2D eigenvalue weighted by Gasteiger charge is 2.20. The monoisotopic (exact) mass is 257 g/mol. The van der Waals surface area contributed by atoms with Crippen LogP contribution in [0.4, 0.5) is 10.5 Å². The number of nitrogens with one attached hydrogen (secondary N) is 2. The Morgan fingerprint density at radius 3 is 2.37 bits per heavy atom. The zero-order valence-corrected chi connectivity index (χ0v) is 10.8. The number of Topliss-reactive ketones (excluding diaryl/α,β-unsaturated/α-hetero) is 1. The third kappa shape index (κ3) is 2.49. The highest BCUT2D eigenvalue weighted by atomic mass is 16.2. The van der Waals surface area contributed by atoms with E-state index in [1.165, 1.54) is 6.92 Å². The summed E-state index contributed by atoms with van der Waals surface area (Å²) in [7, 11) is 0. The summed E-state index contributed by atoms with van der Waals surface area (Å²) in [5.74, 6) is -0.125. The second kappa shape index (κ2) is 4.97. The predicted molar refractivity (Wildman–Crippen MR) is 74.2 cm³/mol. The van der Waals surface area contributed by atoms with Crippen LogP contribution in [-0.4, -0.2) is 16.8 Å². The highest BCUT2D eigenvalue weighted by Crippen LogP contribution is 2.33. The number of H-pyrrole nitrogens is 1. The van der Waals surface area contributed by atoms with Gasteiger partial charge in [-0.2, -0.15) is 0 Å². The summed E-state index contributed by atoms with van der Waals surface area (Å²) in [5.41, 5.74) is 8.33. The van der Waals surface area contributed by atoms with E-state index in [1.54, 1.807) is 6.92 Å². The van der Waals surface area contributed by atoms with Crippen molar-refractivity contribution in [2.45, 2.75) is 13.8 Å². The summed E-state index contributed by atoms with van der Waals surface area (Å²) in [5, 5.41) is 2.53. The minimum atomic E-state index is -0.696. The topological polar surface area (TPSA) is 88.0 Å². The van der Waals surface area contributed by atoms with Crippen LogP contribution in [0.5, 0.6) is 0 Å². The zero-order chi connectivity index (χ0) is 14.0. The van der Waals surface area contributed by atoms with Crippen LogP contribution in [-0.2, 0) is 0 Å². The lowest BCUT2D eigenvalue weighted by Crippen LogP contribution is -2.20. The normalized spacial score (nSPS) is 10.2. The maximum absolute atomic E-state index is 11.7. The van der Waals surface area contributed by atoms with E-state index < -0.39 is 6.03 Å². The van der Waals surface area contributed by atoms with Gasteiger partial charge in [0.25, 0.3) is 0 Å². The molecule has 19 heavy (non-hydrogen) atoms. The number of amides is 2. The molecule has 1 heterocycles. The number of urea groups is 1. The van der Waals surface area contributed by atoms with Crippen LogP contribution in [0.1, 0.15) is 23.0 Å². The number of carbonyl (C=O) groups excluding carboxylic acids is 2. The second-order valence-electron chi connectivity index (χ2n) is 4.29. The molecule has 1 aromatic heterocycles. The van der Waals surface area contributed by atoms with Gasteiger partial charge in [-0.25, -0.2) is 4.79 Å². The largest absolute Gasteiger partial charge is 0.356 e. The summed E-state index contributed by atoms with van der Waals surface area (Å²) < 4.78 is 0. The van der Waals surface area contributed by atoms with Crippen LogP contribution in [0.3, 0.4) is 0 Å². The van der Waals surface area contributed by atoms with Crippen molar-refractivity contribution >= 4 is 17.5 Å². The number of benzene rings is 1. The average molecular weight is 257 g/mol. The van der Waals surface area contributed by atoms with Gasteiger partial charge in [-0.1, -0.05) is 30.3 Å². The number of rotatable bonds is 3. The molecule has 0 saturated carbocycles. The number of hydrogen-bond acceptors (Lipinski definition) is 2. The molecule has 0 aliphatic rings.